The molecule has 106 valence electrons. The minimum Gasteiger partial charge on any atom is -0.480 e. The molecule has 0 amide bonds. The molecule has 0 aliphatic carbocycles. The Morgan fingerprint density at radius 1 is 1.63 bits per heavy atom. The van der Waals surface area contributed by atoms with E-state index in [-0.39, 0.29) is 0 Å². The average molecular weight is 268 g/mol. The SMILES string of the molecule is NC(=NCCC[C@@H](N)C(=O)O)NCCc1cnc[nH]1. The summed E-state index contributed by atoms with van der Waals surface area (Å²) in [5, 5.41) is 11.6. The number of nitrogens with one attached hydrogen (secondary N) is 2. The molecule has 0 aromatic carbocycles. The number of rotatable bonds is 8. The van der Waals surface area contributed by atoms with Crippen LogP contribution in [0.25, 0.3) is 0 Å². The number of aliphatic imine (C=N–C) groups is 1. The Morgan fingerprint density at radius 2 is 2.42 bits per heavy atom. The maximum Gasteiger partial charge on any atom is 0.320 e. The monoisotopic (exact) mass is 268 g/mol. The van der Waals surface area contributed by atoms with Gasteiger partial charge in [0.15, 0.2) is 5.96 Å². The first-order chi connectivity index (χ1) is 9.09. The largest absolute Gasteiger partial charge is 0.480 e. The number of carboxylic acids is 1. The molecule has 7 N–H and O–H groups in total. The van der Waals surface area contributed by atoms with Crippen LogP contribution in [0.15, 0.2) is 17.5 Å². The van der Waals surface area contributed by atoms with Gasteiger partial charge in [-0.15, -0.1) is 0 Å². The van der Waals surface area contributed by atoms with Crippen LogP contribution in [0.5, 0.6) is 0 Å². The number of nitrogens with zero attached hydrogens (tertiary/aromatic N) is 2. The minimum atomic E-state index is -0.991. The molecule has 0 saturated carbocycles. The van der Waals surface area contributed by atoms with E-state index in [1.54, 1.807) is 12.5 Å². The van der Waals surface area contributed by atoms with E-state index in [4.69, 9.17) is 16.6 Å². The maximum atomic E-state index is 10.5. The summed E-state index contributed by atoms with van der Waals surface area (Å²) in [6.45, 7) is 1.12. The van der Waals surface area contributed by atoms with Crippen molar-refractivity contribution in [2.24, 2.45) is 16.5 Å². The highest BCUT2D eigenvalue weighted by Crippen LogP contribution is 1.95. The molecule has 1 rings (SSSR count). The van der Waals surface area contributed by atoms with Crippen molar-refractivity contribution in [1.29, 1.82) is 0 Å². The number of aromatic amines is 1. The smallest absolute Gasteiger partial charge is 0.320 e. The van der Waals surface area contributed by atoms with Crippen molar-refractivity contribution in [1.82, 2.24) is 15.3 Å². The van der Waals surface area contributed by atoms with Gasteiger partial charge in [-0.1, -0.05) is 0 Å². The summed E-state index contributed by atoms with van der Waals surface area (Å²) in [6.07, 6.45) is 5.14. The molecule has 1 aromatic heterocycles. The molecule has 0 aliphatic heterocycles. The summed E-state index contributed by atoms with van der Waals surface area (Å²) in [7, 11) is 0. The van der Waals surface area contributed by atoms with E-state index < -0.39 is 12.0 Å². The molecule has 0 fully saturated rings. The van der Waals surface area contributed by atoms with Crippen molar-refractivity contribution in [2.45, 2.75) is 25.3 Å². The van der Waals surface area contributed by atoms with Crippen molar-refractivity contribution >= 4 is 11.9 Å². The number of aromatic nitrogens is 2. The summed E-state index contributed by atoms with van der Waals surface area (Å²) >= 11 is 0. The lowest BCUT2D eigenvalue weighted by atomic mass is 10.2. The van der Waals surface area contributed by atoms with Gasteiger partial charge in [0.05, 0.1) is 6.33 Å². The van der Waals surface area contributed by atoms with Gasteiger partial charge in [0.2, 0.25) is 0 Å². The molecule has 0 bridgehead atoms. The number of aliphatic carboxylic acids is 1. The van der Waals surface area contributed by atoms with Gasteiger partial charge in [0, 0.05) is 31.4 Å². The summed E-state index contributed by atoms with van der Waals surface area (Å²) in [4.78, 5) is 21.5. The van der Waals surface area contributed by atoms with Gasteiger partial charge in [-0.2, -0.15) is 0 Å². The van der Waals surface area contributed by atoms with Crippen molar-refractivity contribution in [2.75, 3.05) is 13.1 Å². The molecular formula is C11H20N6O2. The third kappa shape index (κ3) is 6.41. The van der Waals surface area contributed by atoms with Crippen molar-refractivity contribution in [3.63, 3.8) is 0 Å². The highest BCUT2D eigenvalue weighted by atomic mass is 16.4. The number of hydrogen-bond donors (Lipinski definition) is 5. The zero-order chi connectivity index (χ0) is 14.1. The fourth-order valence-corrected chi connectivity index (χ4v) is 1.44. The zero-order valence-electron chi connectivity index (χ0n) is 10.7. The van der Waals surface area contributed by atoms with Crippen molar-refractivity contribution < 1.29 is 9.90 Å². The molecule has 1 heterocycles. The van der Waals surface area contributed by atoms with Crippen LogP contribution >= 0.6 is 0 Å². The van der Waals surface area contributed by atoms with E-state index in [9.17, 15) is 4.79 Å². The standard InChI is InChI=1S/C11H20N6O2/c12-9(10(18)19)2-1-4-15-11(13)16-5-3-8-6-14-7-17-8/h6-7,9H,1-5,12H2,(H,14,17)(H,18,19)(H3,13,15,16)/t9-/m1/s1. The molecule has 0 saturated heterocycles. The molecule has 19 heavy (non-hydrogen) atoms. The molecule has 8 nitrogen and oxygen atoms in total. The highest BCUT2D eigenvalue weighted by molar-refractivity contribution is 5.77. The molecule has 1 atom stereocenters. The predicted molar refractivity (Wildman–Crippen MR) is 71.6 cm³/mol. The lowest BCUT2D eigenvalue weighted by Gasteiger charge is -2.06. The Morgan fingerprint density at radius 3 is 3.05 bits per heavy atom. The van der Waals surface area contributed by atoms with E-state index in [1.165, 1.54) is 0 Å². The lowest BCUT2D eigenvalue weighted by Crippen LogP contribution is -2.33. The van der Waals surface area contributed by atoms with Gasteiger partial charge in [0.25, 0.3) is 0 Å². The molecular weight excluding hydrogens is 248 g/mol. The second kappa shape index (κ2) is 8.09. The zero-order valence-corrected chi connectivity index (χ0v) is 10.7. The summed E-state index contributed by atoms with van der Waals surface area (Å²) < 4.78 is 0. The van der Waals surface area contributed by atoms with Gasteiger partial charge < -0.3 is 26.9 Å². The second-order valence-corrected chi connectivity index (χ2v) is 4.11. The summed E-state index contributed by atoms with van der Waals surface area (Å²) in [5.74, 6) is -0.641. The molecule has 0 radical (unpaired) electrons. The fraction of sp³-hybridized carbons (Fsp3) is 0.545. The molecule has 0 spiro atoms. The third-order valence-corrected chi connectivity index (χ3v) is 2.53. The highest BCUT2D eigenvalue weighted by Gasteiger charge is 2.09. The fourth-order valence-electron chi connectivity index (χ4n) is 1.44. The number of hydrogen-bond acceptors (Lipinski definition) is 4. The Balaban J connectivity index is 2.10. The first kappa shape index (κ1) is 15.0. The van der Waals surface area contributed by atoms with Gasteiger partial charge in [0.1, 0.15) is 6.04 Å². The Hall–Kier alpha value is -2.09. The third-order valence-electron chi connectivity index (χ3n) is 2.53. The number of carboxylic acid groups (broad SMARTS) is 1. The van der Waals surface area contributed by atoms with Crippen LogP contribution in [-0.4, -0.2) is 46.1 Å². The van der Waals surface area contributed by atoms with Crippen LogP contribution in [0.2, 0.25) is 0 Å². The Kier molecular flexibility index (Phi) is 6.37. The number of H-pyrrole nitrogens is 1. The van der Waals surface area contributed by atoms with Gasteiger partial charge in [-0.25, -0.2) is 4.98 Å². The maximum absolute atomic E-state index is 10.5. The van der Waals surface area contributed by atoms with E-state index in [2.05, 4.69) is 20.3 Å². The van der Waals surface area contributed by atoms with Crippen LogP contribution < -0.4 is 16.8 Å². The quantitative estimate of drug-likeness (QED) is 0.234. The van der Waals surface area contributed by atoms with Crippen molar-refractivity contribution in [3.05, 3.63) is 18.2 Å². The Labute approximate surface area is 111 Å². The number of imidazole rings is 1. The van der Waals surface area contributed by atoms with Crippen LogP contribution in [0, 0.1) is 0 Å². The van der Waals surface area contributed by atoms with Gasteiger partial charge >= 0.3 is 5.97 Å². The number of nitrogens with two attached hydrogens (primary N) is 2. The van der Waals surface area contributed by atoms with Crippen molar-refractivity contribution in [3.8, 4) is 0 Å². The van der Waals surface area contributed by atoms with Crippen LogP contribution in [0.1, 0.15) is 18.5 Å². The van der Waals surface area contributed by atoms with Crippen LogP contribution in [-0.2, 0) is 11.2 Å². The topological polar surface area (TPSA) is 142 Å². The number of carbonyl (C=O) groups is 1. The lowest BCUT2D eigenvalue weighted by molar-refractivity contribution is -0.138. The van der Waals surface area contributed by atoms with E-state index >= 15 is 0 Å². The summed E-state index contributed by atoms with van der Waals surface area (Å²) in [5.41, 5.74) is 12.0. The predicted octanol–water partition coefficient (Wildman–Crippen LogP) is -0.951. The summed E-state index contributed by atoms with van der Waals surface area (Å²) in [6, 6.07) is -0.829. The van der Waals surface area contributed by atoms with Gasteiger partial charge in [-0.05, 0) is 12.8 Å². The molecule has 8 heteroatoms. The van der Waals surface area contributed by atoms with Crippen LogP contribution in [0.4, 0.5) is 0 Å². The van der Waals surface area contributed by atoms with E-state index in [0.717, 1.165) is 12.1 Å². The molecule has 1 aromatic rings. The Bertz CT molecular complexity index is 403. The second-order valence-electron chi connectivity index (χ2n) is 4.11. The average Bonchev–Trinajstić information content (AvgIpc) is 2.87. The molecule has 0 unspecified atom stereocenters. The molecule has 0 aliphatic rings. The minimum absolute atomic E-state index is 0.350. The first-order valence-electron chi connectivity index (χ1n) is 6.09. The normalized spacial score (nSPS) is 13.2. The van der Waals surface area contributed by atoms with Gasteiger partial charge in [-0.3, -0.25) is 9.79 Å². The van der Waals surface area contributed by atoms with E-state index in [0.29, 0.717) is 31.9 Å². The number of guanidine groups is 1. The van der Waals surface area contributed by atoms with Crippen LogP contribution in [0.3, 0.4) is 0 Å². The van der Waals surface area contributed by atoms with E-state index in [1.807, 2.05) is 0 Å². The first-order valence-corrected chi connectivity index (χ1v) is 6.09.